The van der Waals surface area contributed by atoms with Crippen molar-refractivity contribution in [1.82, 2.24) is 0 Å². The van der Waals surface area contributed by atoms with Crippen LogP contribution in [0.4, 0.5) is 4.39 Å². The second kappa shape index (κ2) is 5.27. The standard InChI is InChI=1S/C17H13FO4/c1-9-4-12-16(6-14(9)18)22-8-13(17(12)21)10-2-3-15(20)11(5-10)7-19/h2-6,8,19-20H,7H2,1H3. The first-order valence-electron chi connectivity index (χ1n) is 6.66. The van der Waals surface area contributed by atoms with Gasteiger partial charge in [0.15, 0.2) is 0 Å². The van der Waals surface area contributed by atoms with E-state index < -0.39 is 5.82 Å². The fourth-order valence-corrected chi connectivity index (χ4v) is 2.34. The number of halogens is 1. The molecule has 3 rings (SSSR count). The van der Waals surface area contributed by atoms with Crippen LogP contribution in [0.25, 0.3) is 22.1 Å². The molecule has 1 heterocycles. The molecule has 0 amide bonds. The number of rotatable bonds is 2. The maximum absolute atomic E-state index is 13.5. The molecular weight excluding hydrogens is 287 g/mol. The Kier molecular flexibility index (Phi) is 3.42. The van der Waals surface area contributed by atoms with Crippen LogP contribution in [0.2, 0.25) is 0 Å². The summed E-state index contributed by atoms with van der Waals surface area (Å²) in [6.07, 6.45) is 1.26. The Morgan fingerprint density at radius 3 is 2.73 bits per heavy atom. The van der Waals surface area contributed by atoms with Gasteiger partial charge in [0, 0.05) is 11.6 Å². The average Bonchev–Trinajstić information content (AvgIpc) is 2.50. The lowest BCUT2D eigenvalue weighted by atomic mass is 10.0. The molecule has 0 aliphatic carbocycles. The minimum Gasteiger partial charge on any atom is -0.508 e. The van der Waals surface area contributed by atoms with E-state index >= 15 is 0 Å². The van der Waals surface area contributed by atoms with E-state index in [0.717, 1.165) is 0 Å². The molecule has 0 bridgehead atoms. The first-order valence-corrected chi connectivity index (χ1v) is 6.66. The Hall–Kier alpha value is -2.66. The number of benzene rings is 2. The van der Waals surface area contributed by atoms with E-state index in [9.17, 15) is 19.4 Å². The lowest BCUT2D eigenvalue weighted by Crippen LogP contribution is -2.06. The van der Waals surface area contributed by atoms with Crippen LogP contribution in [0.5, 0.6) is 5.75 Å². The molecule has 0 spiro atoms. The van der Waals surface area contributed by atoms with Gasteiger partial charge in [0.1, 0.15) is 23.4 Å². The van der Waals surface area contributed by atoms with Crippen molar-refractivity contribution in [2.24, 2.45) is 0 Å². The van der Waals surface area contributed by atoms with Crippen molar-refractivity contribution in [2.75, 3.05) is 0 Å². The number of hydrogen-bond donors (Lipinski definition) is 2. The summed E-state index contributed by atoms with van der Waals surface area (Å²) in [6.45, 7) is 1.23. The van der Waals surface area contributed by atoms with E-state index in [1.807, 2.05) is 0 Å². The number of aliphatic hydroxyl groups excluding tert-OH is 1. The molecule has 0 aliphatic heterocycles. The van der Waals surface area contributed by atoms with Gasteiger partial charge in [-0.25, -0.2) is 4.39 Å². The van der Waals surface area contributed by atoms with E-state index in [2.05, 4.69) is 0 Å². The van der Waals surface area contributed by atoms with Crippen molar-refractivity contribution in [2.45, 2.75) is 13.5 Å². The second-order valence-electron chi connectivity index (χ2n) is 5.08. The summed E-state index contributed by atoms with van der Waals surface area (Å²) in [4.78, 5) is 12.6. The van der Waals surface area contributed by atoms with E-state index in [1.165, 1.54) is 30.5 Å². The van der Waals surface area contributed by atoms with Crippen molar-refractivity contribution in [3.8, 4) is 16.9 Å². The number of aryl methyl sites for hydroxylation is 1. The van der Waals surface area contributed by atoms with Gasteiger partial charge in [-0.2, -0.15) is 0 Å². The van der Waals surface area contributed by atoms with Gasteiger partial charge in [-0.05, 0) is 36.2 Å². The number of fused-ring (bicyclic) bond motifs is 1. The molecule has 0 radical (unpaired) electrons. The summed E-state index contributed by atoms with van der Waals surface area (Å²) in [5.74, 6) is -0.482. The lowest BCUT2D eigenvalue weighted by molar-refractivity contribution is 0.275. The molecule has 112 valence electrons. The Balaban J connectivity index is 2.26. The fourth-order valence-electron chi connectivity index (χ4n) is 2.34. The molecule has 0 aliphatic rings. The number of hydrogen-bond acceptors (Lipinski definition) is 4. The minimum absolute atomic E-state index is 0.0469. The summed E-state index contributed by atoms with van der Waals surface area (Å²) in [5, 5.41) is 19.1. The highest BCUT2D eigenvalue weighted by molar-refractivity contribution is 5.82. The number of aliphatic hydroxyl groups is 1. The van der Waals surface area contributed by atoms with Crippen LogP contribution in [0, 0.1) is 12.7 Å². The molecule has 1 aromatic heterocycles. The average molecular weight is 300 g/mol. The van der Waals surface area contributed by atoms with Crippen LogP contribution in [-0.2, 0) is 6.61 Å². The first kappa shape index (κ1) is 14.3. The molecule has 4 nitrogen and oxygen atoms in total. The van der Waals surface area contributed by atoms with Gasteiger partial charge >= 0.3 is 0 Å². The maximum atomic E-state index is 13.5. The SMILES string of the molecule is Cc1cc2c(=O)c(-c3ccc(O)c(CO)c3)coc2cc1F. The molecule has 0 saturated heterocycles. The van der Waals surface area contributed by atoms with Gasteiger partial charge in [0.05, 0.1) is 17.6 Å². The van der Waals surface area contributed by atoms with Gasteiger partial charge in [0.25, 0.3) is 0 Å². The molecule has 0 fully saturated rings. The van der Waals surface area contributed by atoms with Crippen molar-refractivity contribution in [3.05, 3.63) is 63.8 Å². The van der Waals surface area contributed by atoms with Crippen LogP contribution in [-0.4, -0.2) is 10.2 Å². The van der Waals surface area contributed by atoms with Gasteiger partial charge in [-0.1, -0.05) is 6.07 Å². The first-order chi connectivity index (χ1) is 10.5. The third kappa shape index (κ3) is 2.25. The van der Waals surface area contributed by atoms with Crippen molar-refractivity contribution >= 4 is 11.0 Å². The second-order valence-corrected chi connectivity index (χ2v) is 5.08. The molecular formula is C17H13FO4. The highest BCUT2D eigenvalue weighted by Crippen LogP contribution is 2.26. The minimum atomic E-state index is -0.435. The smallest absolute Gasteiger partial charge is 0.200 e. The Bertz CT molecular complexity index is 928. The van der Waals surface area contributed by atoms with Gasteiger partial charge in [-0.15, -0.1) is 0 Å². The Morgan fingerprint density at radius 1 is 1.23 bits per heavy atom. The van der Waals surface area contributed by atoms with Gasteiger partial charge in [-0.3, -0.25) is 4.79 Å². The quantitative estimate of drug-likeness (QED) is 0.763. The summed E-state index contributed by atoms with van der Waals surface area (Å²) in [5.41, 5.74) is 1.36. The third-order valence-electron chi connectivity index (χ3n) is 3.61. The predicted molar refractivity (Wildman–Crippen MR) is 80.2 cm³/mol. The largest absolute Gasteiger partial charge is 0.508 e. The molecule has 0 unspecified atom stereocenters. The zero-order chi connectivity index (χ0) is 15.9. The van der Waals surface area contributed by atoms with Crippen LogP contribution < -0.4 is 5.43 Å². The molecule has 0 atom stereocenters. The van der Waals surface area contributed by atoms with Gasteiger partial charge < -0.3 is 14.6 Å². The lowest BCUT2D eigenvalue weighted by Gasteiger charge is -2.07. The molecule has 0 saturated carbocycles. The molecule has 22 heavy (non-hydrogen) atoms. The monoisotopic (exact) mass is 300 g/mol. The maximum Gasteiger partial charge on any atom is 0.200 e. The highest BCUT2D eigenvalue weighted by atomic mass is 19.1. The summed E-state index contributed by atoms with van der Waals surface area (Å²) in [7, 11) is 0. The number of phenols is 1. The predicted octanol–water partition coefficient (Wildman–Crippen LogP) is 3.11. The topological polar surface area (TPSA) is 70.7 Å². The van der Waals surface area contributed by atoms with Crippen LogP contribution in [0.1, 0.15) is 11.1 Å². The van der Waals surface area contributed by atoms with Crippen molar-refractivity contribution in [1.29, 1.82) is 0 Å². The third-order valence-corrected chi connectivity index (χ3v) is 3.61. The van der Waals surface area contributed by atoms with Crippen molar-refractivity contribution in [3.63, 3.8) is 0 Å². The van der Waals surface area contributed by atoms with Crippen LogP contribution in [0.15, 0.2) is 45.8 Å². The zero-order valence-corrected chi connectivity index (χ0v) is 11.8. The molecule has 5 heteroatoms. The number of aromatic hydroxyl groups is 1. The Labute approximate surface area is 125 Å². The Morgan fingerprint density at radius 2 is 2.00 bits per heavy atom. The van der Waals surface area contributed by atoms with Crippen molar-refractivity contribution < 1.29 is 19.0 Å². The summed E-state index contributed by atoms with van der Waals surface area (Å²) in [6, 6.07) is 7.12. The van der Waals surface area contributed by atoms with E-state index in [0.29, 0.717) is 16.7 Å². The normalized spacial score (nSPS) is 11.0. The summed E-state index contributed by atoms with van der Waals surface area (Å²) >= 11 is 0. The van der Waals surface area contributed by atoms with E-state index in [4.69, 9.17) is 4.42 Å². The molecule has 2 aromatic carbocycles. The summed E-state index contributed by atoms with van der Waals surface area (Å²) < 4.78 is 18.9. The highest BCUT2D eigenvalue weighted by Gasteiger charge is 2.12. The van der Waals surface area contributed by atoms with E-state index in [-0.39, 0.29) is 34.3 Å². The zero-order valence-electron chi connectivity index (χ0n) is 11.8. The molecule has 3 aromatic rings. The fraction of sp³-hybridized carbons (Fsp3) is 0.118. The van der Waals surface area contributed by atoms with Crippen LogP contribution >= 0.6 is 0 Å². The van der Waals surface area contributed by atoms with Gasteiger partial charge in [0.2, 0.25) is 5.43 Å². The molecule has 2 N–H and O–H groups in total. The van der Waals surface area contributed by atoms with E-state index in [1.54, 1.807) is 13.0 Å². The van der Waals surface area contributed by atoms with Crippen LogP contribution in [0.3, 0.4) is 0 Å².